The molecule has 0 aromatic carbocycles. The molecule has 76 valence electrons. The third-order valence-corrected chi connectivity index (χ3v) is 1.79. The van der Waals surface area contributed by atoms with Crippen molar-refractivity contribution < 1.29 is 4.92 Å². The molecule has 0 amide bonds. The highest BCUT2D eigenvalue weighted by Gasteiger charge is 2.04. The quantitative estimate of drug-likeness (QED) is 0.444. The highest BCUT2D eigenvalue weighted by molar-refractivity contribution is 5.43. The van der Waals surface area contributed by atoms with Gasteiger partial charge in [-0.15, -0.1) is 0 Å². The van der Waals surface area contributed by atoms with Crippen LogP contribution >= 0.6 is 0 Å². The third-order valence-electron chi connectivity index (χ3n) is 1.79. The van der Waals surface area contributed by atoms with Crippen molar-refractivity contribution in [2.75, 3.05) is 11.9 Å². The minimum Gasteiger partial charge on any atom is -0.382 e. The Morgan fingerprint density at radius 3 is 2.86 bits per heavy atom. The van der Waals surface area contributed by atoms with Crippen LogP contribution in [0.3, 0.4) is 0 Å². The van der Waals surface area contributed by atoms with Crippen LogP contribution in [0.5, 0.6) is 0 Å². The summed E-state index contributed by atoms with van der Waals surface area (Å²) in [7, 11) is 0. The predicted octanol–water partition coefficient (Wildman–Crippen LogP) is 2.20. The van der Waals surface area contributed by atoms with E-state index in [9.17, 15) is 10.1 Å². The van der Waals surface area contributed by atoms with Gasteiger partial charge in [-0.25, -0.2) is 0 Å². The average molecular weight is 195 g/mol. The zero-order valence-electron chi connectivity index (χ0n) is 8.06. The van der Waals surface area contributed by atoms with E-state index in [1.807, 2.05) is 0 Å². The Morgan fingerprint density at radius 1 is 1.57 bits per heavy atom. The molecule has 1 aromatic rings. The van der Waals surface area contributed by atoms with Crippen molar-refractivity contribution in [2.24, 2.45) is 0 Å². The second kappa shape index (κ2) is 5.16. The monoisotopic (exact) mass is 195 g/mol. The maximum absolute atomic E-state index is 10.3. The zero-order valence-corrected chi connectivity index (χ0v) is 8.06. The lowest BCUT2D eigenvalue weighted by molar-refractivity contribution is -0.389. The molecule has 1 N–H and O–H groups in total. The van der Waals surface area contributed by atoms with Crippen LogP contribution in [-0.2, 0) is 0 Å². The van der Waals surface area contributed by atoms with Crippen LogP contribution in [0.15, 0.2) is 18.3 Å². The van der Waals surface area contributed by atoms with Crippen LogP contribution in [0.4, 0.5) is 11.5 Å². The van der Waals surface area contributed by atoms with Crippen molar-refractivity contribution >= 4 is 11.5 Å². The standard InChI is InChI=1S/C9H13N3O2/c1-2-3-6-10-8-4-5-9(11-7-8)12(13)14/h4-5,7,10H,2-3,6H2,1H3. The Labute approximate surface area is 82.3 Å². The molecule has 0 atom stereocenters. The van der Waals surface area contributed by atoms with Gasteiger partial charge in [0.1, 0.15) is 0 Å². The van der Waals surface area contributed by atoms with Crippen molar-refractivity contribution in [2.45, 2.75) is 19.8 Å². The van der Waals surface area contributed by atoms with Crippen LogP contribution in [-0.4, -0.2) is 16.5 Å². The molecule has 0 radical (unpaired) electrons. The summed E-state index contributed by atoms with van der Waals surface area (Å²) in [4.78, 5) is 13.5. The van der Waals surface area contributed by atoms with Crippen molar-refractivity contribution in [3.05, 3.63) is 28.4 Å². The molecule has 5 nitrogen and oxygen atoms in total. The van der Waals surface area contributed by atoms with E-state index in [-0.39, 0.29) is 5.82 Å². The van der Waals surface area contributed by atoms with Crippen molar-refractivity contribution in [3.8, 4) is 0 Å². The number of unbranched alkanes of at least 4 members (excludes halogenated alkanes) is 1. The molecule has 0 aliphatic rings. The first-order chi connectivity index (χ1) is 6.74. The second-order valence-electron chi connectivity index (χ2n) is 2.94. The van der Waals surface area contributed by atoms with Crippen molar-refractivity contribution in [1.82, 2.24) is 4.98 Å². The molecule has 14 heavy (non-hydrogen) atoms. The molecule has 1 rings (SSSR count). The number of nitro groups is 1. The van der Waals surface area contributed by atoms with Crippen LogP contribution < -0.4 is 5.32 Å². The van der Waals surface area contributed by atoms with E-state index in [1.165, 1.54) is 12.3 Å². The first kappa shape index (κ1) is 10.4. The molecule has 0 unspecified atom stereocenters. The average Bonchev–Trinajstić information content (AvgIpc) is 2.19. The van der Waals surface area contributed by atoms with Gasteiger partial charge in [0.05, 0.1) is 5.69 Å². The molecular weight excluding hydrogens is 182 g/mol. The highest BCUT2D eigenvalue weighted by atomic mass is 16.6. The summed E-state index contributed by atoms with van der Waals surface area (Å²) >= 11 is 0. The molecule has 0 fully saturated rings. The molecule has 1 aromatic heterocycles. The fourth-order valence-electron chi connectivity index (χ4n) is 1.01. The molecule has 5 heteroatoms. The van der Waals surface area contributed by atoms with E-state index in [0.717, 1.165) is 25.1 Å². The largest absolute Gasteiger partial charge is 0.382 e. The van der Waals surface area contributed by atoms with E-state index in [0.29, 0.717) is 0 Å². The summed E-state index contributed by atoms with van der Waals surface area (Å²) in [5.41, 5.74) is 0.823. The molecule has 0 spiro atoms. The fourth-order valence-corrected chi connectivity index (χ4v) is 1.01. The normalized spacial score (nSPS) is 9.79. The van der Waals surface area contributed by atoms with Crippen LogP contribution in [0.25, 0.3) is 0 Å². The van der Waals surface area contributed by atoms with Gasteiger partial charge in [0.2, 0.25) is 0 Å². The van der Waals surface area contributed by atoms with Gasteiger partial charge in [-0.1, -0.05) is 13.3 Å². The number of rotatable bonds is 5. The van der Waals surface area contributed by atoms with Gasteiger partial charge in [0.25, 0.3) is 0 Å². The Hall–Kier alpha value is -1.65. The predicted molar refractivity (Wildman–Crippen MR) is 54.3 cm³/mol. The summed E-state index contributed by atoms with van der Waals surface area (Å²) in [6, 6.07) is 3.06. The summed E-state index contributed by atoms with van der Waals surface area (Å²) in [6.07, 6.45) is 3.68. The van der Waals surface area contributed by atoms with Crippen molar-refractivity contribution in [3.63, 3.8) is 0 Å². The molecule has 0 bridgehead atoms. The maximum Gasteiger partial charge on any atom is 0.363 e. The first-order valence-corrected chi connectivity index (χ1v) is 4.58. The minimum absolute atomic E-state index is 0.119. The highest BCUT2D eigenvalue weighted by Crippen LogP contribution is 2.11. The first-order valence-electron chi connectivity index (χ1n) is 4.58. The van der Waals surface area contributed by atoms with Gasteiger partial charge in [-0.3, -0.25) is 0 Å². The van der Waals surface area contributed by atoms with Gasteiger partial charge >= 0.3 is 5.82 Å². The Morgan fingerprint density at radius 2 is 2.36 bits per heavy atom. The summed E-state index contributed by atoms with van der Waals surface area (Å²) < 4.78 is 0. The number of aromatic nitrogens is 1. The minimum atomic E-state index is -0.504. The number of nitrogens with one attached hydrogen (secondary N) is 1. The lowest BCUT2D eigenvalue weighted by Crippen LogP contribution is -2.01. The molecular formula is C9H13N3O2. The second-order valence-corrected chi connectivity index (χ2v) is 2.94. The van der Waals surface area contributed by atoms with Gasteiger partial charge in [0.15, 0.2) is 6.20 Å². The number of anilines is 1. The number of nitrogens with zero attached hydrogens (tertiary/aromatic N) is 2. The van der Waals surface area contributed by atoms with Crippen LogP contribution in [0.2, 0.25) is 0 Å². The van der Waals surface area contributed by atoms with Crippen LogP contribution in [0.1, 0.15) is 19.8 Å². The number of hydrogen-bond acceptors (Lipinski definition) is 4. The van der Waals surface area contributed by atoms with Crippen LogP contribution in [0, 0.1) is 10.1 Å². The Kier molecular flexibility index (Phi) is 3.84. The topological polar surface area (TPSA) is 68.1 Å². The maximum atomic E-state index is 10.3. The van der Waals surface area contributed by atoms with Gasteiger partial charge in [-0.2, -0.15) is 0 Å². The van der Waals surface area contributed by atoms with E-state index >= 15 is 0 Å². The zero-order chi connectivity index (χ0) is 10.4. The van der Waals surface area contributed by atoms with E-state index < -0.39 is 4.92 Å². The SMILES string of the molecule is CCCCNc1ccc([N+](=O)[O-])nc1. The van der Waals surface area contributed by atoms with Crippen molar-refractivity contribution in [1.29, 1.82) is 0 Å². The summed E-state index contributed by atoms with van der Waals surface area (Å²) in [6.45, 7) is 2.98. The molecule has 0 aliphatic heterocycles. The smallest absolute Gasteiger partial charge is 0.363 e. The number of pyridine rings is 1. The molecule has 0 saturated heterocycles. The third kappa shape index (κ3) is 3.01. The Bertz CT molecular complexity index is 297. The number of hydrogen-bond donors (Lipinski definition) is 1. The summed E-state index contributed by atoms with van der Waals surface area (Å²) in [5.74, 6) is -0.119. The fraction of sp³-hybridized carbons (Fsp3) is 0.444. The molecule has 0 saturated carbocycles. The van der Waals surface area contributed by atoms with Gasteiger partial charge in [-0.05, 0) is 22.4 Å². The Balaban J connectivity index is 2.51. The molecule has 0 aliphatic carbocycles. The van der Waals surface area contributed by atoms with E-state index in [2.05, 4.69) is 17.2 Å². The van der Waals surface area contributed by atoms with Gasteiger partial charge in [0, 0.05) is 12.6 Å². The lowest BCUT2D eigenvalue weighted by Gasteiger charge is -2.02. The summed E-state index contributed by atoms with van der Waals surface area (Å²) in [5, 5.41) is 13.4. The van der Waals surface area contributed by atoms with E-state index in [1.54, 1.807) is 6.07 Å². The van der Waals surface area contributed by atoms with Gasteiger partial charge < -0.3 is 15.4 Å². The van der Waals surface area contributed by atoms with E-state index in [4.69, 9.17) is 0 Å². The molecule has 1 heterocycles. The lowest BCUT2D eigenvalue weighted by atomic mass is 10.3.